The van der Waals surface area contributed by atoms with Gasteiger partial charge in [0.2, 0.25) is 5.91 Å². The van der Waals surface area contributed by atoms with Gasteiger partial charge < -0.3 is 15.2 Å². The van der Waals surface area contributed by atoms with Gasteiger partial charge in [-0.15, -0.1) is 0 Å². The van der Waals surface area contributed by atoms with E-state index in [0.717, 1.165) is 6.42 Å². The van der Waals surface area contributed by atoms with Crippen molar-refractivity contribution in [2.45, 2.75) is 44.9 Å². The zero-order valence-corrected chi connectivity index (χ0v) is 11.4. The summed E-state index contributed by atoms with van der Waals surface area (Å²) in [7, 11) is 0. The fourth-order valence-corrected chi connectivity index (χ4v) is 2.16. The number of hydrogen-bond acceptors (Lipinski definition) is 5. The molecule has 0 spiro atoms. The largest absolute Gasteiger partial charge is 0.394 e. The monoisotopic (exact) mass is 281 g/mol. The molecule has 0 aliphatic carbocycles. The topological polar surface area (TPSA) is 93.5 Å². The summed E-state index contributed by atoms with van der Waals surface area (Å²) >= 11 is 0. The highest BCUT2D eigenvalue weighted by Gasteiger charge is 2.26. The molecule has 1 aliphatic rings. The van der Waals surface area contributed by atoms with Gasteiger partial charge in [-0.3, -0.25) is 9.36 Å². The molecule has 1 saturated heterocycles. The third-order valence-electron chi connectivity index (χ3n) is 3.17. The second-order valence-electron chi connectivity index (χ2n) is 4.77. The number of carbonyl (C=O) groups excluding carboxylic acids is 1. The molecule has 2 rings (SSSR count). The van der Waals surface area contributed by atoms with Crippen molar-refractivity contribution in [1.29, 1.82) is 0 Å². The Hall–Kier alpha value is -1.73. The maximum atomic E-state index is 11.9. The first-order valence-corrected chi connectivity index (χ1v) is 6.79. The lowest BCUT2D eigenvalue weighted by molar-refractivity contribution is -0.116. The van der Waals surface area contributed by atoms with E-state index in [9.17, 15) is 9.59 Å². The number of nitrogens with one attached hydrogen (secondary N) is 1. The Bertz CT molecular complexity index is 529. The summed E-state index contributed by atoms with van der Waals surface area (Å²) in [5.41, 5.74) is -0.470. The molecule has 1 aromatic rings. The summed E-state index contributed by atoms with van der Waals surface area (Å²) in [6.45, 7) is 1.85. The summed E-state index contributed by atoms with van der Waals surface area (Å²) < 4.78 is 6.90. The number of anilines is 1. The molecule has 2 N–H and O–H groups in total. The van der Waals surface area contributed by atoms with Crippen LogP contribution in [0.4, 0.5) is 5.82 Å². The Morgan fingerprint density at radius 1 is 1.60 bits per heavy atom. The normalized spacial score (nSPS) is 21.9. The van der Waals surface area contributed by atoms with Crippen molar-refractivity contribution in [3.63, 3.8) is 0 Å². The molecule has 2 atom stereocenters. The molecule has 1 amide bonds. The third kappa shape index (κ3) is 3.43. The van der Waals surface area contributed by atoms with Crippen LogP contribution in [-0.2, 0) is 9.53 Å². The first-order valence-electron chi connectivity index (χ1n) is 6.79. The minimum Gasteiger partial charge on any atom is -0.394 e. The van der Waals surface area contributed by atoms with E-state index in [1.807, 2.05) is 6.92 Å². The number of aliphatic hydroxyl groups excluding tert-OH is 1. The summed E-state index contributed by atoms with van der Waals surface area (Å²) in [4.78, 5) is 27.2. The van der Waals surface area contributed by atoms with E-state index < -0.39 is 11.9 Å². The average molecular weight is 281 g/mol. The number of rotatable bonds is 5. The first-order chi connectivity index (χ1) is 9.63. The molecule has 0 aromatic carbocycles. The number of amides is 1. The van der Waals surface area contributed by atoms with E-state index in [1.165, 1.54) is 4.57 Å². The quantitative estimate of drug-likeness (QED) is 0.826. The molecule has 0 unspecified atom stereocenters. The van der Waals surface area contributed by atoms with Gasteiger partial charge in [-0.05, 0) is 25.3 Å². The summed E-state index contributed by atoms with van der Waals surface area (Å²) in [5, 5.41) is 11.6. The molecule has 0 saturated carbocycles. The van der Waals surface area contributed by atoms with Gasteiger partial charge in [0.1, 0.15) is 12.0 Å². The predicted molar refractivity (Wildman–Crippen MR) is 72.3 cm³/mol. The second kappa shape index (κ2) is 6.62. The maximum Gasteiger partial charge on any atom is 0.351 e. The number of aliphatic hydroxyl groups is 1. The van der Waals surface area contributed by atoms with Gasteiger partial charge in [-0.1, -0.05) is 6.92 Å². The van der Waals surface area contributed by atoms with Crippen molar-refractivity contribution in [2.24, 2.45) is 0 Å². The minimum atomic E-state index is -0.470. The van der Waals surface area contributed by atoms with Crippen molar-refractivity contribution in [2.75, 3.05) is 11.9 Å². The van der Waals surface area contributed by atoms with Gasteiger partial charge >= 0.3 is 5.69 Å². The molecule has 0 bridgehead atoms. The van der Waals surface area contributed by atoms with Crippen LogP contribution in [0.3, 0.4) is 0 Å². The van der Waals surface area contributed by atoms with Gasteiger partial charge in [0, 0.05) is 12.6 Å². The Morgan fingerprint density at radius 2 is 2.40 bits per heavy atom. The highest BCUT2D eigenvalue weighted by molar-refractivity contribution is 5.89. The number of nitrogens with zero attached hydrogens (tertiary/aromatic N) is 2. The minimum absolute atomic E-state index is 0.0517. The molecule has 0 radical (unpaired) electrons. The van der Waals surface area contributed by atoms with E-state index in [0.29, 0.717) is 19.3 Å². The van der Waals surface area contributed by atoms with Crippen molar-refractivity contribution >= 4 is 11.7 Å². The average Bonchev–Trinajstić information content (AvgIpc) is 2.87. The fraction of sp³-hybridized carbons (Fsp3) is 0.615. The molecule has 1 fully saturated rings. The van der Waals surface area contributed by atoms with Crippen molar-refractivity contribution < 1.29 is 14.6 Å². The SMILES string of the molecule is CCCC(=O)Nc1ccn([C@H]2CC[C@@H](CO)O2)c(=O)n1. The standard InChI is InChI=1S/C13H19N3O4/c1-2-3-11(18)14-10-6-7-16(13(19)15-10)12-5-4-9(8-17)20-12/h6-7,9,12,17H,2-5,8H2,1H3,(H,14,15,18,19)/t9-,12+/m0/s1. The lowest BCUT2D eigenvalue weighted by atomic mass is 10.2. The Morgan fingerprint density at radius 3 is 3.00 bits per heavy atom. The van der Waals surface area contributed by atoms with Crippen LogP contribution in [0, 0.1) is 0 Å². The van der Waals surface area contributed by atoms with Crippen LogP contribution in [0.1, 0.15) is 38.8 Å². The Kier molecular flexibility index (Phi) is 4.86. The van der Waals surface area contributed by atoms with Crippen LogP contribution in [0.15, 0.2) is 17.1 Å². The van der Waals surface area contributed by atoms with Gasteiger partial charge in [-0.25, -0.2) is 4.79 Å². The third-order valence-corrected chi connectivity index (χ3v) is 3.17. The predicted octanol–water partition coefficient (Wildman–Crippen LogP) is 0.652. The number of ether oxygens (including phenoxy) is 1. The van der Waals surface area contributed by atoms with E-state index in [2.05, 4.69) is 10.3 Å². The van der Waals surface area contributed by atoms with Gasteiger partial charge in [0.25, 0.3) is 0 Å². The molecule has 110 valence electrons. The van der Waals surface area contributed by atoms with Gasteiger partial charge in [-0.2, -0.15) is 4.98 Å². The van der Waals surface area contributed by atoms with Crippen molar-refractivity contribution in [3.8, 4) is 0 Å². The maximum absolute atomic E-state index is 11.9. The Balaban J connectivity index is 2.07. The smallest absolute Gasteiger partial charge is 0.351 e. The number of aromatic nitrogens is 2. The molecule has 20 heavy (non-hydrogen) atoms. The van der Waals surface area contributed by atoms with Crippen LogP contribution in [-0.4, -0.2) is 33.3 Å². The fourth-order valence-electron chi connectivity index (χ4n) is 2.16. The lowest BCUT2D eigenvalue weighted by Crippen LogP contribution is -2.28. The van der Waals surface area contributed by atoms with E-state index >= 15 is 0 Å². The molecule has 7 heteroatoms. The molecule has 1 aromatic heterocycles. The van der Waals surface area contributed by atoms with Crippen molar-refractivity contribution in [3.05, 3.63) is 22.7 Å². The highest BCUT2D eigenvalue weighted by Crippen LogP contribution is 2.26. The lowest BCUT2D eigenvalue weighted by Gasteiger charge is -2.14. The van der Waals surface area contributed by atoms with Crippen LogP contribution in [0.25, 0.3) is 0 Å². The van der Waals surface area contributed by atoms with Gasteiger partial charge in [0.05, 0.1) is 12.7 Å². The molecule has 7 nitrogen and oxygen atoms in total. The number of hydrogen-bond donors (Lipinski definition) is 2. The molecule has 1 aliphatic heterocycles. The molecular formula is C13H19N3O4. The van der Waals surface area contributed by atoms with Crippen LogP contribution >= 0.6 is 0 Å². The Labute approximate surface area is 116 Å². The zero-order chi connectivity index (χ0) is 14.5. The molecule has 2 heterocycles. The van der Waals surface area contributed by atoms with Gasteiger partial charge in [0.15, 0.2) is 0 Å². The van der Waals surface area contributed by atoms with E-state index in [4.69, 9.17) is 9.84 Å². The molecular weight excluding hydrogens is 262 g/mol. The van der Waals surface area contributed by atoms with Crippen LogP contribution < -0.4 is 11.0 Å². The van der Waals surface area contributed by atoms with Crippen LogP contribution in [0.5, 0.6) is 0 Å². The van der Waals surface area contributed by atoms with E-state index in [1.54, 1.807) is 12.3 Å². The van der Waals surface area contributed by atoms with Crippen LogP contribution in [0.2, 0.25) is 0 Å². The van der Waals surface area contributed by atoms with E-state index in [-0.39, 0.29) is 24.4 Å². The summed E-state index contributed by atoms with van der Waals surface area (Å²) in [6.07, 6.45) is 3.44. The zero-order valence-electron chi connectivity index (χ0n) is 11.4. The second-order valence-corrected chi connectivity index (χ2v) is 4.77. The summed E-state index contributed by atoms with van der Waals surface area (Å²) in [5.74, 6) is 0.0935. The summed E-state index contributed by atoms with van der Waals surface area (Å²) in [6, 6.07) is 1.57. The first kappa shape index (κ1) is 14.7. The van der Waals surface area contributed by atoms with Crippen molar-refractivity contribution in [1.82, 2.24) is 9.55 Å². The number of carbonyl (C=O) groups is 1. The highest BCUT2D eigenvalue weighted by atomic mass is 16.5.